The SMILES string of the molecule is COP(=O)(O)OCCCCc1cn(CCCOP(=O)([O-])OP(=O)([O-])OP(=O)([O-])OC[C@H]2O[C@@H](C)CC2O)nn1. The molecule has 0 amide bonds. The van der Waals surface area contributed by atoms with Crippen LogP contribution in [0.1, 0.15) is 38.3 Å². The minimum absolute atomic E-state index is 0.00401. The van der Waals surface area contributed by atoms with Crippen molar-refractivity contribution < 1.29 is 74.4 Å². The fourth-order valence-electron chi connectivity index (χ4n) is 3.16. The monoisotopic (exact) mass is 644 g/mol. The van der Waals surface area contributed by atoms with Gasteiger partial charge in [-0.1, -0.05) is 5.21 Å². The number of aryl methyl sites for hydroxylation is 2. The smallest absolute Gasteiger partial charge is 0.471 e. The molecule has 1 fully saturated rings. The molecule has 1 aliphatic rings. The molecule has 23 heteroatoms. The molecular formula is C16H30N3O16P4-3. The van der Waals surface area contributed by atoms with Crippen LogP contribution in [0, 0.1) is 0 Å². The highest BCUT2D eigenvalue weighted by Crippen LogP contribution is 2.63. The molecule has 39 heavy (non-hydrogen) atoms. The number of rotatable bonds is 19. The minimum atomic E-state index is -5.98. The molecule has 2 rings (SSSR count). The van der Waals surface area contributed by atoms with E-state index in [0.717, 1.165) is 7.11 Å². The molecule has 2 heterocycles. The highest BCUT2D eigenvalue weighted by atomic mass is 31.3. The van der Waals surface area contributed by atoms with Gasteiger partial charge in [-0.2, -0.15) is 0 Å². The van der Waals surface area contributed by atoms with E-state index in [1.54, 1.807) is 13.1 Å². The predicted molar refractivity (Wildman–Crippen MR) is 122 cm³/mol. The first-order chi connectivity index (χ1) is 18.0. The van der Waals surface area contributed by atoms with Gasteiger partial charge in [0.25, 0.3) is 23.5 Å². The van der Waals surface area contributed by atoms with Gasteiger partial charge in [0.2, 0.25) is 0 Å². The summed E-state index contributed by atoms with van der Waals surface area (Å²) in [4.78, 5) is 44.4. The van der Waals surface area contributed by atoms with Gasteiger partial charge in [0, 0.05) is 26.3 Å². The zero-order chi connectivity index (χ0) is 29.3. The van der Waals surface area contributed by atoms with E-state index < -0.39 is 56.7 Å². The Morgan fingerprint density at radius 1 is 1.03 bits per heavy atom. The molecule has 5 unspecified atom stereocenters. The first-order valence-corrected chi connectivity index (χ1v) is 17.3. The summed E-state index contributed by atoms with van der Waals surface area (Å²) in [7, 11) is -20.1. The Labute approximate surface area is 223 Å². The first kappa shape index (κ1) is 34.8. The van der Waals surface area contributed by atoms with Crippen LogP contribution >= 0.6 is 31.3 Å². The van der Waals surface area contributed by atoms with E-state index in [9.17, 15) is 38.0 Å². The third-order valence-corrected chi connectivity index (χ3v) is 10.0. The van der Waals surface area contributed by atoms with E-state index in [1.807, 2.05) is 0 Å². The number of aliphatic hydroxyl groups is 1. The van der Waals surface area contributed by atoms with Gasteiger partial charge in [0.1, 0.15) is 6.10 Å². The van der Waals surface area contributed by atoms with Crippen LogP contribution in [-0.2, 0) is 62.7 Å². The Balaban J connectivity index is 1.68. The van der Waals surface area contributed by atoms with Gasteiger partial charge in [-0.05, 0) is 32.6 Å². The quantitative estimate of drug-likeness (QED) is 0.145. The van der Waals surface area contributed by atoms with Gasteiger partial charge >= 0.3 is 7.82 Å². The maximum atomic E-state index is 11.8. The van der Waals surface area contributed by atoms with Gasteiger partial charge in [0.15, 0.2) is 0 Å². The number of ether oxygens (including phenoxy) is 1. The summed E-state index contributed by atoms with van der Waals surface area (Å²) >= 11 is 0. The highest BCUT2D eigenvalue weighted by molar-refractivity contribution is 7.65. The number of hydrogen-bond donors (Lipinski definition) is 2. The summed E-state index contributed by atoms with van der Waals surface area (Å²) in [5.41, 5.74) is 0.588. The molecule has 228 valence electrons. The molecule has 0 radical (unpaired) electrons. The number of nitrogens with zero attached hydrogens (tertiary/aromatic N) is 3. The molecular weight excluding hydrogens is 614 g/mol. The summed E-state index contributed by atoms with van der Waals surface area (Å²) in [6.07, 6.45) is 0.803. The zero-order valence-corrected chi connectivity index (χ0v) is 24.5. The van der Waals surface area contributed by atoms with Gasteiger partial charge in [0.05, 0.1) is 37.7 Å². The van der Waals surface area contributed by atoms with Crippen LogP contribution in [0.15, 0.2) is 6.20 Å². The Bertz CT molecular complexity index is 1100. The summed E-state index contributed by atoms with van der Waals surface area (Å²) in [6, 6.07) is 0. The van der Waals surface area contributed by atoms with Crippen molar-refractivity contribution in [1.29, 1.82) is 0 Å². The Morgan fingerprint density at radius 2 is 1.67 bits per heavy atom. The number of aromatic nitrogens is 3. The Hall–Kier alpha value is -0.420. The second kappa shape index (κ2) is 15.2. The lowest BCUT2D eigenvalue weighted by molar-refractivity contribution is -0.251. The molecule has 0 saturated carbocycles. The van der Waals surface area contributed by atoms with E-state index in [-0.39, 0.29) is 32.1 Å². The second-order valence-corrected chi connectivity index (χ2v) is 14.3. The van der Waals surface area contributed by atoms with Crippen molar-refractivity contribution in [3.63, 3.8) is 0 Å². The first-order valence-electron chi connectivity index (χ1n) is 11.4. The average Bonchev–Trinajstić information content (AvgIpc) is 3.38. The molecule has 0 aliphatic carbocycles. The van der Waals surface area contributed by atoms with Gasteiger partial charge < -0.3 is 38.5 Å². The lowest BCUT2D eigenvalue weighted by atomic mass is 10.1. The van der Waals surface area contributed by atoms with Gasteiger partial charge in [-0.15, -0.1) is 5.10 Å². The van der Waals surface area contributed by atoms with E-state index in [4.69, 9.17) is 9.63 Å². The molecule has 1 aromatic rings. The number of phosphoric acid groups is 4. The normalized spacial score (nSPS) is 26.0. The second-order valence-electron chi connectivity index (χ2n) is 8.19. The predicted octanol–water partition coefficient (Wildman–Crippen LogP) is -0.236. The third kappa shape index (κ3) is 13.9. The lowest BCUT2D eigenvalue weighted by Crippen LogP contribution is -2.27. The standard InChI is InChI=1S/C16H33N3O16P4/c1-13-10-15(20)16(33-13)12-32-38(25,26)35-39(27,28)34-37(23,24)31-9-5-7-19-11-14(17-18-19)6-3-4-8-30-36(21,22)29-2/h11,13,15-16,20H,3-10,12H2,1-2H3,(H,21,22)(H,23,24)(H,25,26)(H,27,28)/p-3/t13-,15?,16+/m0/s1. The van der Waals surface area contributed by atoms with Crippen molar-refractivity contribution in [2.75, 3.05) is 26.9 Å². The molecule has 0 spiro atoms. The average molecular weight is 644 g/mol. The molecule has 0 aromatic carbocycles. The van der Waals surface area contributed by atoms with Crippen LogP contribution in [0.3, 0.4) is 0 Å². The Kier molecular flexibility index (Phi) is 13.5. The van der Waals surface area contributed by atoms with E-state index in [1.165, 1.54) is 4.68 Å². The highest BCUT2D eigenvalue weighted by Gasteiger charge is 2.33. The van der Waals surface area contributed by atoms with Crippen LogP contribution < -0.4 is 14.7 Å². The van der Waals surface area contributed by atoms with Gasteiger partial charge in [-0.3, -0.25) is 27.4 Å². The maximum absolute atomic E-state index is 11.8. The molecule has 7 atom stereocenters. The fourth-order valence-corrected chi connectivity index (χ4v) is 7.04. The van der Waals surface area contributed by atoms with E-state index in [2.05, 4.69) is 37.0 Å². The van der Waals surface area contributed by atoms with Crippen molar-refractivity contribution in [1.82, 2.24) is 15.0 Å². The third-order valence-electron chi connectivity index (χ3n) is 4.89. The molecule has 1 aromatic heterocycles. The number of aliphatic hydroxyl groups excluding tert-OH is 1. The van der Waals surface area contributed by atoms with Crippen molar-refractivity contribution in [3.05, 3.63) is 11.9 Å². The topological polar surface area (TPSA) is 273 Å². The van der Waals surface area contributed by atoms with Crippen molar-refractivity contribution in [2.45, 2.75) is 63.9 Å². The van der Waals surface area contributed by atoms with Crippen molar-refractivity contribution in [2.24, 2.45) is 0 Å². The molecule has 19 nitrogen and oxygen atoms in total. The largest absolute Gasteiger partial charge is 0.756 e. The number of hydrogen-bond acceptors (Lipinski definition) is 17. The molecule has 1 saturated heterocycles. The molecule has 2 N–H and O–H groups in total. The van der Waals surface area contributed by atoms with Crippen LogP contribution in [0.4, 0.5) is 0 Å². The van der Waals surface area contributed by atoms with E-state index in [0.29, 0.717) is 25.0 Å². The van der Waals surface area contributed by atoms with E-state index >= 15 is 0 Å². The van der Waals surface area contributed by atoms with Crippen LogP contribution in [-0.4, -0.2) is 70.2 Å². The maximum Gasteiger partial charge on any atom is 0.471 e. The van der Waals surface area contributed by atoms with Crippen LogP contribution in [0.25, 0.3) is 0 Å². The number of phosphoric ester groups is 3. The number of unbranched alkanes of at least 4 members (excludes halogenated alkanes) is 1. The fraction of sp³-hybridized carbons (Fsp3) is 0.875. The Morgan fingerprint density at radius 3 is 2.28 bits per heavy atom. The van der Waals surface area contributed by atoms with Crippen molar-refractivity contribution >= 4 is 31.3 Å². The minimum Gasteiger partial charge on any atom is -0.756 e. The molecule has 0 bridgehead atoms. The summed E-state index contributed by atoms with van der Waals surface area (Å²) in [6.45, 7) is 0.437. The summed E-state index contributed by atoms with van der Waals surface area (Å²) in [5.74, 6) is 0. The molecule has 1 aliphatic heterocycles. The van der Waals surface area contributed by atoms with Crippen molar-refractivity contribution in [3.8, 4) is 0 Å². The van der Waals surface area contributed by atoms with Gasteiger partial charge in [-0.25, -0.2) is 13.2 Å². The van der Waals surface area contributed by atoms with Crippen LogP contribution in [0.2, 0.25) is 0 Å². The zero-order valence-electron chi connectivity index (χ0n) is 20.9. The summed E-state index contributed by atoms with van der Waals surface area (Å²) in [5, 5.41) is 17.4. The lowest BCUT2D eigenvalue weighted by Gasteiger charge is -2.34. The summed E-state index contributed by atoms with van der Waals surface area (Å²) < 4.78 is 78.3. The van der Waals surface area contributed by atoms with Crippen LogP contribution in [0.5, 0.6) is 0 Å².